The smallest absolute Gasteiger partial charge is 0.450 e. The van der Waals surface area contributed by atoms with E-state index in [1.807, 2.05) is 22.4 Å². The van der Waals surface area contributed by atoms with Crippen LogP contribution in [0.4, 0.5) is 13.2 Å². The largest absolute Gasteiger partial charge is 0.497 e. The lowest BCUT2D eigenvalue weighted by atomic mass is 9.99. The second-order valence-electron chi connectivity index (χ2n) is 7.62. The van der Waals surface area contributed by atoms with Crippen LogP contribution in [0, 0.1) is 0 Å². The molecule has 0 bridgehead atoms. The summed E-state index contributed by atoms with van der Waals surface area (Å²) in [5.74, 6) is -0.443. The molecule has 0 aliphatic carbocycles. The Labute approximate surface area is 190 Å². The second-order valence-corrected chi connectivity index (χ2v) is 8.65. The van der Waals surface area contributed by atoms with E-state index in [-0.39, 0.29) is 23.3 Å². The van der Waals surface area contributed by atoms with E-state index in [4.69, 9.17) is 13.9 Å². The zero-order valence-corrected chi connectivity index (χ0v) is 18.3. The number of thiophene rings is 1. The Kier molecular flexibility index (Phi) is 5.38. The predicted octanol–water partition coefficient (Wildman–Crippen LogP) is 5.90. The number of fused-ring (bicyclic) bond motifs is 3. The third kappa shape index (κ3) is 3.98. The summed E-state index contributed by atoms with van der Waals surface area (Å²) in [7, 11) is 1.45. The molecule has 1 aliphatic heterocycles. The molecule has 5 rings (SSSR count). The van der Waals surface area contributed by atoms with Gasteiger partial charge in [0.1, 0.15) is 23.8 Å². The van der Waals surface area contributed by atoms with Crippen molar-refractivity contribution in [3.05, 3.63) is 80.3 Å². The Morgan fingerprint density at radius 1 is 1.12 bits per heavy atom. The highest BCUT2D eigenvalue weighted by atomic mass is 32.1. The molecular weight excluding hydrogens is 455 g/mol. The minimum absolute atomic E-state index is 0.0779. The van der Waals surface area contributed by atoms with Crippen LogP contribution >= 0.6 is 11.3 Å². The monoisotopic (exact) mass is 473 g/mol. The van der Waals surface area contributed by atoms with E-state index in [0.717, 1.165) is 4.88 Å². The van der Waals surface area contributed by atoms with Gasteiger partial charge in [-0.3, -0.25) is 9.69 Å². The Hall–Kier alpha value is -3.30. The van der Waals surface area contributed by atoms with Gasteiger partial charge in [-0.25, -0.2) is 0 Å². The lowest BCUT2D eigenvalue weighted by Gasteiger charge is -2.29. The van der Waals surface area contributed by atoms with Crippen molar-refractivity contribution in [2.45, 2.75) is 19.3 Å². The number of ether oxygens (including phenoxy) is 2. The predicted molar refractivity (Wildman–Crippen MR) is 119 cm³/mol. The molecule has 3 heterocycles. The first-order valence-electron chi connectivity index (χ1n) is 10.1. The number of halogens is 3. The molecule has 0 radical (unpaired) electrons. The third-order valence-corrected chi connectivity index (χ3v) is 6.36. The van der Waals surface area contributed by atoms with E-state index in [1.54, 1.807) is 17.4 Å². The summed E-state index contributed by atoms with van der Waals surface area (Å²) in [4.78, 5) is 16.4. The molecule has 9 heteroatoms. The second kappa shape index (κ2) is 8.24. The summed E-state index contributed by atoms with van der Waals surface area (Å²) in [5.41, 5.74) is -0.832. The third-order valence-electron chi connectivity index (χ3n) is 5.50. The lowest BCUT2D eigenvalue weighted by molar-refractivity contribution is -0.152. The standard InChI is InChI=1S/C24H18F3NO4S/c1-30-15-6-4-14(5-7-15)20-21(29)17-8-9-19-18(22(17)32-23(20)24(25,26)27)12-28(13-31-19)11-16-3-2-10-33-16/h2-10H,11-13H2,1H3. The zero-order valence-electron chi connectivity index (χ0n) is 17.4. The van der Waals surface area contributed by atoms with Crippen molar-refractivity contribution >= 4 is 22.3 Å². The van der Waals surface area contributed by atoms with Crippen molar-refractivity contribution in [3.8, 4) is 22.6 Å². The van der Waals surface area contributed by atoms with Crippen molar-refractivity contribution in [1.82, 2.24) is 4.90 Å². The van der Waals surface area contributed by atoms with Gasteiger partial charge in [0.15, 0.2) is 0 Å². The summed E-state index contributed by atoms with van der Waals surface area (Å²) in [6, 6.07) is 12.8. The summed E-state index contributed by atoms with van der Waals surface area (Å²) < 4.78 is 58.5. The Balaban J connectivity index is 1.67. The topological polar surface area (TPSA) is 51.9 Å². The molecular formula is C24H18F3NO4S. The molecule has 0 atom stereocenters. The minimum Gasteiger partial charge on any atom is -0.497 e. The number of rotatable bonds is 4. The van der Waals surface area contributed by atoms with Crippen LogP contribution in [-0.4, -0.2) is 18.7 Å². The average molecular weight is 473 g/mol. The van der Waals surface area contributed by atoms with E-state index < -0.39 is 22.9 Å². The first-order chi connectivity index (χ1) is 15.8. The van der Waals surface area contributed by atoms with Crippen LogP contribution < -0.4 is 14.9 Å². The Bertz CT molecular complexity index is 1360. The fourth-order valence-electron chi connectivity index (χ4n) is 3.95. The van der Waals surface area contributed by atoms with Crippen molar-refractivity contribution in [2.75, 3.05) is 13.8 Å². The maximum atomic E-state index is 14.1. The van der Waals surface area contributed by atoms with Crippen LogP contribution in [-0.2, 0) is 19.3 Å². The molecule has 0 amide bonds. The number of hydrogen-bond donors (Lipinski definition) is 0. The van der Waals surface area contributed by atoms with Crippen LogP contribution in [0.1, 0.15) is 16.2 Å². The SMILES string of the molecule is COc1ccc(-c2c(C(F)(F)F)oc3c4c(ccc3c2=O)OCN(Cc2cccs2)C4)cc1. The van der Waals surface area contributed by atoms with Crippen LogP contribution in [0.3, 0.4) is 0 Å². The first kappa shape index (κ1) is 21.5. The van der Waals surface area contributed by atoms with Crippen molar-refractivity contribution < 1.29 is 27.1 Å². The fraction of sp³-hybridized carbons (Fsp3) is 0.208. The average Bonchev–Trinajstić information content (AvgIpc) is 3.31. The quantitative estimate of drug-likeness (QED) is 0.369. The first-order valence-corrected chi connectivity index (χ1v) is 10.9. The Morgan fingerprint density at radius 2 is 1.91 bits per heavy atom. The van der Waals surface area contributed by atoms with E-state index in [1.165, 1.54) is 37.4 Å². The van der Waals surface area contributed by atoms with E-state index in [0.29, 0.717) is 30.2 Å². The van der Waals surface area contributed by atoms with Crippen LogP contribution in [0.5, 0.6) is 11.5 Å². The number of methoxy groups -OCH3 is 1. The molecule has 0 unspecified atom stereocenters. The highest BCUT2D eigenvalue weighted by Crippen LogP contribution is 2.40. The molecule has 0 spiro atoms. The van der Waals surface area contributed by atoms with Crippen LogP contribution in [0.2, 0.25) is 0 Å². The van der Waals surface area contributed by atoms with Gasteiger partial charge >= 0.3 is 6.18 Å². The van der Waals surface area contributed by atoms with Gasteiger partial charge < -0.3 is 13.9 Å². The number of benzene rings is 2. The van der Waals surface area contributed by atoms with E-state index >= 15 is 0 Å². The van der Waals surface area contributed by atoms with Crippen molar-refractivity contribution in [3.63, 3.8) is 0 Å². The molecule has 0 N–H and O–H groups in total. The molecule has 4 aromatic rings. The summed E-state index contributed by atoms with van der Waals surface area (Å²) >= 11 is 1.58. The lowest BCUT2D eigenvalue weighted by Crippen LogP contribution is -2.31. The highest BCUT2D eigenvalue weighted by Gasteiger charge is 2.40. The summed E-state index contributed by atoms with van der Waals surface area (Å²) in [6.07, 6.45) is -4.86. The van der Waals surface area contributed by atoms with Crippen LogP contribution in [0.15, 0.2) is 63.1 Å². The molecule has 170 valence electrons. The number of alkyl halides is 3. The highest BCUT2D eigenvalue weighted by molar-refractivity contribution is 7.09. The van der Waals surface area contributed by atoms with E-state index in [9.17, 15) is 18.0 Å². The van der Waals surface area contributed by atoms with Gasteiger partial charge in [0.2, 0.25) is 11.2 Å². The molecule has 2 aromatic heterocycles. The van der Waals surface area contributed by atoms with Gasteiger partial charge in [-0.15, -0.1) is 11.3 Å². The molecule has 1 aliphatic rings. The maximum absolute atomic E-state index is 14.1. The van der Waals surface area contributed by atoms with Gasteiger partial charge in [-0.05, 0) is 41.3 Å². The fourth-order valence-corrected chi connectivity index (χ4v) is 4.70. The van der Waals surface area contributed by atoms with Gasteiger partial charge in [-0.2, -0.15) is 13.2 Å². The molecule has 33 heavy (non-hydrogen) atoms. The van der Waals surface area contributed by atoms with Crippen molar-refractivity contribution in [2.24, 2.45) is 0 Å². The number of hydrogen-bond acceptors (Lipinski definition) is 6. The van der Waals surface area contributed by atoms with Crippen LogP contribution in [0.25, 0.3) is 22.1 Å². The Morgan fingerprint density at radius 3 is 2.58 bits per heavy atom. The van der Waals surface area contributed by atoms with E-state index in [2.05, 4.69) is 0 Å². The van der Waals surface area contributed by atoms with Gasteiger partial charge in [-0.1, -0.05) is 18.2 Å². The normalized spacial score (nSPS) is 14.2. The van der Waals surface area contributed by atoms with Gasteiger partial charge in [0.25, 0.3) is 0 Å². The summed E-state index contributed by atoms with van der Waals surface area (Å²) in [6.45, 7) is 1.16. The zero-order chi connectivity index (χ0) is 23.2. The maximum Gasteiger partial charge on any atom is 0.450 e. The van der Waals surface area contributed by atoms with Crippen molar-refractivity contribution in [1.29, 1.82) is 0 Å². The molecule has 2 aromatic carbocycles. The molecule has 0 fully saturated rings. The molecule has 0 saturated heterocycles. The van der Waals surface area contributed by atoms with Gasteiger partial charge in [0, 0.05) is 18.0 Å². The minimum atomic E-state index is -4.86. The van der Waals surface area contributed by atoms with Gasteiger partial charge in [0.05, 0.1) is 23.6 Å². The number of nitrogens with zero attached hydrogens (tertiary/aromatic N) is 1. The molecule has 0 saturated carbocycles. The summed E-state index contributed by atoms with van der Waals surface area (Å²) in [5, 5.41) is 2.04. The molecule has 5 nitrogen and oxygen atoms in total.